The molecule has 0 bridgehead atoms. The lowest BCUT2D eigenvalue weighted by atomic mass is 10.1. The smallest absolute Gasteiger partial charge is 0.410 e. The van der Waals surface area contributed by atoms with Gasteiger partial charge in [-0.1, -0.05) is 18.2 Å². The first-order valence-electron chi connectivity index (χ1n) is 10.1. The Morgan fingerprint density at radius 3 is 2.87 bits per heavy atom. The second kappa shape index (κ2) is 8.10. The molecule has 1 amide bonds. The number of anilines is 1. The zero-order valence-electron chi connectivity index (χ0n) is 17.4. The summed E-state index contributed by atoms with van der Waals surface area (Å²) in [5.74, 6) is 1.11. The molecule has 8 heteroatoms. The first-order valence-corrected chi connectivity index (χ1v) is 10.9. The molecule has 3 aromatic rings. The van der Waals surface area contributed by atoms with Crippen LogP contribution in [0.15, 0.2) is 30.6 Å². The molecule has 0 saturated heterocycles. The zero-order chi connectivity index (χ0) is 21.3. The van der Waals surface area contributed by atoms with E-state index in [1.807, 2.05) is 39.0 Å². The molecule has 0 spiro atoms. The van der Waals surface area contributed by atoms with Crippen molar-refractivity contribution in [3.05, 3.63) is 46.6 Å². The topological polar surface area (TPSA) is 87.6 Å². The Morgan fingerprint density at radius 2 is 2.10 bits per heavy atom. The number of benzene rings is 1. The molecule has 30 heavy (non-hydrogen) atoms. The van der Waals surface area contributed by atoms with E-state index >= 15 is 0 Å². The van der Waals surface area contributed by atoms with Crippen molar-refractivity contribution >= 4 is 33.5 Å². The maximum Gasteiger partial charge on any atom is 0.410 e. The Kier molecular flexibility index (Phi) is 5.51. The van der Waals surface area contributed by atoms with Crippen molar-refractivity contribution in [2.24, 2.45) is 0 Å². The van der Waals surface area contributed by atoms with Gasteiger partial charge in [0.1, 0.15) is 28.3 Å². The average molecular weight is 427 g/mol. The third kappa shape index (κ3) is 4.33. The van der Waals surface area contributed by atoms with Crippen LogP contribution in [0.1, 0.15) is 36.8 Å². The van der Waals surface area contributed by atoms with E-state index in [1.165, 1.54) is 5.56 Å². The van der Waals surface area contributed by atoms with Crippen LogP contribution in [-0.2, 0) is 24.1 Å². The van der Waals surface area contributed by atoms with Gasteiger partial charge in [0.15, 0.2) is 0 Å². The van der Waals surface area contributed by atoms with Gasteiger partial charge in [0.2, 0.25) is 0 Å². The number of hydrogen-bond acceptors (Lipinski definition) is 7. The van der Waals surface area contributed by atoms with E-state index in [4.69, 9.17) is 4.74 Å². The van der Waals surface area contributed by atoms with Gasteiger partial charge in [-0.05, 0) is 50.8 Å². The van der Waals surface area contributed by atoms with Crippen LogP contribution in [0.5, 0.6) is 5.75 Å². The molecule has 0 radical (unpaired) electrons. The van der Waals surface area contributed by atoms with Gasteiger partial charge in [0.05, 0.1) is 11.9 Å². The number of nitrogens with zero attached hydrogens (tertiary/aromatic N) is 3. The number of rotatable bonds is 4. The molecule has 2 N–H and O–H groups in total. The van der Waals surface area contributed by atoms with E-state index in [0.717, 1.165) is 32.9 Å². The number of nitrogens with one attached hydrogen (secondary N) is 1. The van der Waals surface area contributed by atoms with Crippen molar-refractivity contribution < 1.29 is 14.6 Å². The summed E-state index contributed by atoms with van der Waals surface area (Å²) in [6.45, 7) is 7.42. The molecule has 1 aliphatic heterocycles. The van der Waals surface area contributed by atoms with Crippen molar-refractivity contribution in [2.75, 3.05) is 18.4 Å². The van der Waals surface area contributed by atoms with Crippen LogP contribution in [0.3, 0.4) is 0 Å². The number of carbonyl (C=O) groups is 1. The fourth-order valence-electron chi connectivity index (χ4n) is 3.58. The predicted molar refractivity (Wildman–Crippen MR) is 118 cm³/mol. The number of amides is 1. The second-order valence-electron chi connectivity index (χ2n) is 8.36. The van der Waals surface area contributed by atoms with E-state index < -0.39 is 5.60 Å². The number of ether oxygens (including phenoxy) is 1. The van der Waals surface area contributed by atoms with Crippen LogP contribution in [0.25, 0.3) is 10.2 Å². The fraction of sp³-hybridized carbons (Fsp3) is 0.409. The summed E-state index contributed by atoms with van der Waals surface area (Å²) >= 11 is 1.60. The van der Waals surface area contributed by atoms with E-state index in [1.54, 1.807) is 28.6 Å². The first kappa shape index (κ1) is 20.4. The Balaban J connectivity index is 1.51. The molecule has 0 unspecified atom stereocenters. The highest BCUT2D eigenvalue weighted by Gasteiger charge is 2.29. The minimum absolute atomic E-state index is 0.280. The lowest BCUT2D eigenvalue weighted by molar-refractivity contribution is 0.0227. The van der Waals surface area contributed by atoms with Gasteiger partial charge >= 0.3 is 6.09 Å². The molecule has 2 aromatic heterocycles. The SMILES string of the molecule is CC(C)(C)OC(=O)N1CCc2c(sc3ncnc(NCCc4ccccc4O)c23)C1. The third-order valence-electron chi connectivity index (χ3n) is 4.97. The molecule has 158 valence electrons. The van der Waals surface area contributed by atoms with Crippen molar-refractivity contribution in [3.63, 3.8) is 0 Å². The normalized spacial score (nSPS) is 13.9. The van der Waals surface area contributed by atoms with Crippen molar-refractivity contribution in [2.45, 2.75) is 45.8 Å². The highest BCUT2D eigenvalue weighted by atomic mass is 32.1. The molecule has 1 aliphatic rings. The average Bonchev–Trinajstić information content (AvgIpc) is 3.06. The van der Waals surface area contributed by atoms with E-state index in [9.17, 15) is 9.90 Å². The highest BCUT2D eigenvalue weighted by Crippen LogP contribution is 2.37. The van der Waals surface area contributed by atoms with Crippen LogP contribution < -0.4 is 5.32 Å². The minimum atomic E-state index is -0.507. The number of carbonyl (C=O) groups excluding carboxylic acids is 1. The standard InChI is InChI=1S/C22H26N4O3S/c1-22(2,3)29-21(28)26-11-9-15-17(12-26)30-20-18(15)19(24-13-25-20)23-10-8-14-6-4-5-7-16(14)27/h4-7,13,27H,8-12H2,1-3H3,(H,23,24,25). The number of aromatic hydroxyl groups is 1. The summed E-state index contributed by atoms with van der Waals surface area (Å²) in [6.07, 6.45) is 2.73. The van der Waals surface area contributed by atoms with Gasteiger partial charge < -0.3 is 20.1 Å². The molecule has 0 atom stereocenters. The number of aromatic nitrogens is 2. The molecule has 0 fully saturated rings. The molecular weight excluding hydrogens is 400 g/mol. The van der Waals surface area contributed by atoms with Gasteiger partial charge in [-0.3, -0.25) is 0 Å². The Morgan fingerprint density at radius 1 is 1.30 bits per heavy atom. The number of hydrogen-bond donors (Lipinski definition) is 2. The van der Waals surface area contributed by atoms with Crippen LogP contribution in [0.4, 0.5) is 10.6 Å². The largest absolute Gasteiger partial charge is 0.508 e. The lowest BCUT2D eigenvalue weighted by Crippen LogP contribution is -2.39. The summed E-state index contributed by atoms with van der Waals surface area (Å²) in [5, 5.41) is 14.4. The number of phenolic OH excluding ortho intramolecular Hbond substituents is 1. The maximum atomic E-state index is 12.5. The minimum Gasteiger partial charge on any atom is -0.508 e. The summed E-state index contributed by atoms with van der Waals surface area (Å²) in [7, 11) is 0. The maximum absolute atomic E-state index is 12.5. The number of thiophene rings is 1. The molecule has 0 saturated carbocycles. The summed E-state index contributed by atoms with van der Waals surface area (Å²) < 4.78 is 5.53. The van der Waals surface area contributed by atoms with Gasteiger partial charge in [-0.2, -0.15) is 0 Å². The van der Waals surface area contributed by atoms with E-state index in [2.05, 4.69) is 15.3 Å². The number of fused-ring (bicyclic) bond motifs is 3. The quantitative estimate of drug-likeness (QED) is 0.645. The zero-order valence-corrected chi connectivity index (χ0v) is 18.3. The van der Waals surface area contributed by atoms with Gasteiger partial charge in [0.25, 0.3) is 0 Å². The Hall–Kier alpha value is -2.87. The van der Waals surface area contributed by atoms with Crippen LogP contribution in [0.2, 0.25) is 0 Å². The van der Waals surface area contributed by atoms with Crippen LogP contribution in [-0.4, -0.2) is 44.8 Å². The highest BCUT2D eigenvalue weighted by molar-refractivity contribution is 7.19. The van der Waals surface area contributed by atoms with E-state index in [-0.39, 0.29) is 6.09 Å². The van der Waals surface area contributed by atoms with Crippen LogP contribution in [0, 0.1) is 0 Å². The Labute approximate surface area is 179 Å². The monoisotopic (exact) mass is 426 g/mol. The second-order valence-corrected chi connectivity index (χ2v) is 9.45. The molecule has 0 aliphatic carbocycles. The van der Waals surface area contributed by atoms with Gasteiger partial charge in [0, 0.05) is 18.0 Å². The fourth-order valence-corrected chi connectivity index (χ4v) is 4.78. The van der Waals surface area contributed by atoms with Crippen molar-refractivity contribution in [1.29, 1.82) is 0 Å². The van der Waals surface area contributed by atoms with Gasteiger partial charge in [-0.25, -0.2) is 14.8 Å². The molecular formula is C22H26N4O3S. The van der Waals surface area contributed by atoms with Crippen molar-refractivity contribution in [1.82, 2.24) is 14.9 Å². The van der Waals surface area contributed by atoms with Gasteiger partial charge in [-0.15, -0.1) is 11.3 Å². The van der Waals surface area contributed by atoms with Crippen LogP contribution >= 0.6 is 11.3 Å². The molecule has 1 aromatic carbocycles. The Bertz CT molecular complexity index is 1070. The predicted octanol–water partition coefficient (Wildman–Crippen LogP) is 4.34. The van der Waals surface area contributed by atoms with Crippen molar-refractivity contribution in [3.8, 4) is 5.75 Å². The van der Waals surface area contributed by atoms with E-state index in [0.29, 0.717) is 31.8 Å². The lowest BCUT2D eigenvalue weighted by Gasteiger charge is -2.30. The number of phenols is 1. The summed E-state index contributed by atoms with van der Waals surface area (Å²) in [6, 6.07) is 7.36. The summed E-state index contributed by atoms with van der Waals surface area (Å²) in [4.78, 5) is 25.2. The molecule has 3 heterocycles. The molecule has 7 nitrogen and oxygen atoms in total. The third-order valence-corrected chi connectivity index (χ3v) is 6.09. The summed E-state index contributed by atoms with van der Waals surface area (Å²) in [5.41, 5.74) is 1.60. The number of para-hydroxylation sites is 1. The first-order chi connectivity index (χ1) is 14.3. The molecule has 4 rings (SSSR count).